The third-order valence-corrected chi connectivity index (χ3v) is 4.61. The Labute approximate surface area is 116 Å². The maximum Gasteiger partial charge on any atom is 0.233 e. The molecule has 0 radical (unpaired) electrons. The number of amides is 1. The van der Waals surface area contributed by atoms with Crippen LogP contribution in [0.4, 0.5) is 0 Å². The van der Waals surface area contributed by atoms with E-state index in [1.54, 1.807) is 0 Å². The second-order valence-electron chi connectivity index (χ2n) is 5.51. The summed E-state index contributed by atoms with van der Waals surface area (Å²) < 4.78 is 1.86. The average Bonchev–Trinajstić information content (AvgIpc) is 3.15. The first-order chi connectivity index (χ1) is 9.24. The maximum absolute atomic E-state index is 12.2. The highest BCUT2D eigenvalue weighted by Crippen LogP contribution is 2.36. The molecule has 0 aromatic carbocycles. The van der Waals surface area contributed by atoms with E-state index in [1.165, 1.54) is 18.2 Å². The summed E-state index contributed by atoms with van der Waals surface area (Å²) in [4.78, 5) is 14.1. The molecule has 1 aliphatic heterocycles. The zero-order valence-electron chi connectivity index (χ0n) is 11.2. The second-order valence-corrected chi connectivity index (χ2v) is 6.46. The number of piperidine rings is 1. The van der Waals surface area contributed by atoms with Crippen LogP contribution in [0, 0.1) is 5.92 Å². The summed E-state index contributed by atoms with van der Waals surface area (Å²) in [6.45, 7) is 4.00. The van der Waals surface area contributed by atoms with E-state index in [-0.39, 0.29) is 5.91 Å². The fourth-order valence-electron chi connectivity index (χ4n) is 2.46. The van der Waals surface area contributed by atoms with E-state index in [0.717, 1.165) is 37.5 Å². The Bertz CT molecular complexity index is 459. The lowest BCUT2D eigenvalue weighted by Gasteiger charge is -2.30. The van der Waals surface area contributed by atoms with Crippen LogP contribution >= 0.6 is 11.8 Å². The summed E-state index contributed by atoms with van der Waals surface area (Å²) in [6, 6.07) is 0.461. The van der Waals surface area contributed by atoms with E-state index in [0.29, 0.717) is 17.7 Å². The standard InChI is InChI=1S/C12H19N5OS/c1-9-3-2-6-16(7-9)11(18)8-19-12-13-14-15-17(12)10-4-5-10/h9-10H,2-8H2,1H3. The third kappa shape index (κ3) is 3.08. The van der Waals surface area contributed by atoms with E-state index in [4.69, 9.17) is 0 Å². The molecule has 1 aliphatic carbocycles. The Hall–Kier alpha value is -1.11. The molecular weight excluding hydrogens is 262 g/mol. The number of likely N-dealkylation sites (tertiary alicyclic amines) is 1. The minimum Gasteiger partial charge on any atom is -0.342 e. The van der Waals surface area contributed by atoms with Crippen molar-refractivity contribution >= 4 is 17.7 Å². The highest BCUT2D eigenvalue weighted by atomic mass is 32.2. The minimum absolute atomic E-state index is 0.210. The molecule has 1 saturated heterocycles. The molecule has 1 saturated carbocycles. The number of hydrogen-bond acceptors (Lipinski definition) is 5. The lowest BCUT2D eigenvalue weighted by Crippen LogP contribution is -2.40. The van der Waals surface area contributed by atoms with Gasteiger partial charge in [0.2, 0.25) is 11.1 Å². The van der Waals surface area contributed by atoms with Gasteiger partial charge in [0.1, 0.15) is 0 Å². The fraction of sp³-hybridized carbons (Fsp3) is 0.833. The molecule has 0 N–H and O–H groups in total. The monoisotopic (exact) mass is 281 g/mol. The molecular formula is C12H19N5OS. The number of aromatic nitrogens is 4. The molecule has 1 unspecified atom stereocenters. The summed E-state index contributed by atoms with van der Waals surface area (Å²) in [6.07, 6.45) is 4.65. The van der Waals surface area contributed by atoms with Gasteiger partial charge in [0.05, 0.1) is 11.8 Å². The van der Waals surface area contributed by atoms with Crippen molar-refractivity contribution in [2.75, 3.05) is 18.8 Å². The number of carbonyl (C=O) groups is 1. The molecule has 104 valence electrons. The highest BCUT2D eigenvalue weighted by Gasteiger charge is 2.28. The molecule has 1 aromatic rings. The van der Waals surface area contributed by atoms with Crippen LogP contribution in [0.15, 0.2) is 5.16 Å². The molecule has 6 nitrogen and oxygen atoms in total. The Morgan fingerprint density at radius 2 is 2.26 bits per heavy atom. The SMILES string of the molecule is CC1CCCN(C(=O)CSc2nnnn2C2CC2)C1. The molecule has 3 rings (SSSR count). The quantitative estimate of drug-likeness (QED) is 0.780. The number of tetrazole rings is 1. The fourth-order valence-corrected chi connectivity index (χ4v) is 3.31. The van der Waals surface area contributed by atoms with Crippen molar-refractivity contribution in [1.29, 1.82) is 0 Å². The maximum atomic E-state index is 12.2. The van der Waals surface area contributed by atoms with Gasteiger partial charge >= 0.3 is 0 Å². The third-order valence-electron chi connectivity index (χ3n) is 3.69. The summed E-state index contributed by atoms with van der Waals surface area (Å²) in [5, 5.41) is 12.5. The van der Waals surface area contributed by atoms with Gasteiger partial charge in [-0.1, -0.05) is 18.7 Å². The first kappa shape index (κ1) is 12.9. The molecule has 2 aliphatic rings. The first-order valence-electron chi connectivity index (χ1n) is 6.92. The Morgan fingerprint density at radius 3 is 3.00 bits per heavy atom. The van der Waals surface area contributed by atoms with Crippen LogP contribution < -0.4 is 0 Å². The number of rotatable bonds is 4. The van der Waals surface area contributed by atoms with Gasteiger partial charge in [0.25, 0.3) is 0 Å². The minimum atomic E-state index is 0.210. The van der Waals surface area contributed by atoms with Crippen LogP contribution in [0.5, 0.6) is 0 Å². The molecule has 0 spiro atoms. The van der Waals surface area contributed by atoms with E-state index >= 15 is 0 Å². The normalized spacial score (nSPS) is 23.6. The van der Waals surface area contributed by atoms with Gasteiger partial charge in [0, 0.05) is 13.1 Å². The van der Waals surface area contributed by atoms with Crippen LogP contribution in [0.1, 0.15) is 38.6 Å². The van der Waals surface area contributed by atoms with Crippen molar-refractivity contribution in [3.63, 3.8) is 0 Å². The second kappa shape index (κ2) is 5.48. The van der Waals surface area contributed by atoms with Crippen molar-refractivity contribution in [1.82, 2.24) is 25.1 Å². The van der Waals surface area contributed by atoms with Crippen LogP contribution in [0.2, 0.25) is 0 Å². The number of carbonyl (C=O) groups excluding carboxylic acids is 1. The van der Waals surface area contributed by atoms with Crippen molar-refractivity contribution in [3.05, 3.63) is 0 Å². The molecule has 2 fully saturated rings. The highest BCUT2D eigenvalue weighted by molar-refractivity contribution is 7.99. The van der Waals surface area contributed by atoms with Gasteiger partial charge in [-0.05, 0) is 42.0 Å². The molecule has 7 heteroatoms. The lowest BCUT2D eigenvalue weighted by atomic mass is 10.0. The largest absolute Gasteiger partial charge is 0.342 e. The van der Waals surface area contributed by atoms with Crippen LogP contribution in [-0.4, -0.2) is 49.9 Å². The summed E-state index contributed by atoms with van der Waals surface area (Å²) in [5.41, 5.74) is 0. The molecule has 19 heavy (non-hydrogen) atoms. The van der Waals surface area contributed by atoms with E-state index in [2.05, 4.69) is 22.4 Å². The number of thioether (sulfide) groups is 1. The smallest absolute Gasteiger partial charge is 0.233 e. The van der Waals surface area contributed by atoms with Crippen LogP contribution in [0.3, 0.4) is 0 Å². The Morgan fingerprint density at radius 1 is 1.42 bits per heavy atom. The molecule has 1 atom stereocenters. The van der Waals surface area contributed by atoms with Gasteiger partial charge in [0.15, 0.2) is 0 Å². The van der Waals surface area contributed by atoms with Crippen molar-refractivity contribution in [3.8, 4) is 0 Å². The van der Waals surface area contributed by atoms with E-state index in [9.17, 15) is 4.79 Å². The summed E-state index contributed by atoms with van der Waals surface area (Å²) in [7, 11) is 0. The first-order valence-corrected chi connectivity index (χ1v) is 7.91. The molecule has 0 bridgehead atoms. The van der Waals surface area contributed by atoms with Gasteiger partial charge in [-0.25, -0.2) is 4.68 Å². The topological polar surface area (TPSA) is 63.9 Å². The van der Waals surface area contributed by atoms with E-state index in [1.807, 2.05) is 9.58 Å². The Balaban J connectivity index is 1.53. The van der Waals surface area contributed by atoms with Gasteiger partial charge in [-0.2, -0.15) is 0 Å². The van der Waals surface area contributed by atoms with Crippen molar-refractivity contribution in [2.45, 2.75) is 43.8 Å². The van der Waals surface area contributed by atoms with Crippen LogP contribution in [0.25, 0.3) is 0 Å². The van der Waals surface area contributed by atoms with Crippen molar-refractivity contribution < 1.29 is 4.79 Å². The molecule has 2 heterocycles. The van der Waals surface area contributed by atoms with Gasteiger partial charge < -0.3 is 4.90 Å². The van der Waals surface area contributed by atoms with E-state index < -0.39 is 0 Å². The zero-order valence-corrected chi connectivity index (χ0v) is 12.0. The number of hydrogen-bond donors (Lipinski definition) is 0. The molecule has 1 amide bonds. The lowest BCUT2D eigenvalue weighted by molar-refractivity contribution is -0.130. The number of nitrogens with zero attached hydrogens (tertiary/aromatic N) is 5. The van der Waals surface area contributed by atoms with Crippen molar-refractivity contribution in [2.24, 2.45) is 5.92 Å². The summed E-state index contributed by atoms with van der Waals surface area (Å²) in [5.74, 6) is 1.28. The zero-order chi connectivity index (χ0) is 13.2. The Kier molecular flexibility index (Phi) is 3.72. The summed E-state index contributed by atoms with van der Waals surface area (Å²) >= 11 is 1.46. The van der Waals surface area contributed by atoms with Gasteiger partial charge in [-0.15, -0.1) is 5.10 Å². The van der Waals surface area contributed by atoms with Crippen LogP contribution in [-0.2, 0) is 4.79 Å². The predicted molar refractivity (Wildman–Crippen MR) is 71.8 cm³/mol. The molecule has 1 aromatic heterocycles. The average molecular weight is 281 g/mol. The predicted octanol–water partition coefficient (Wildman–Crippen LogP) is 1.36. The van der Waals surface area contributed by atoms with Gasteiger partial charge in [-0.3, -0.25) is 4.79 Å².